The first kappa shape index (κ1) is 14.8. The molecule has 1 aliphatic heterocycles. The van der Waals surface area contributed by atoms with Crippen LogP contribution in [0.15, 0.2) is 0 Å². The molecule has 1 amide bonds. The monoisotopic (exact) mass is 266 g/mol. The zero-order valence-corrected chi connectivity index (χ0v) is 12.4. The third-order valence-corrected chi connectivity index (χ3v) is 4.79. The maximum atomic E-state index is 11.9. The third-order valence-electron chi connectivity index (χ3n) is 4.79. The van der Waals surface area contributed by atoms with Gasteiger partial charge in [-0.25, -0.2) is 0 Å². The summed E-state index contributed by atoms with van der Waals surface area (Å²) in [6.45, 7) is 5.39. The molecule has 2 fully saturated rings. The maximum absolute atomic E-state index is 11.9. The Balaban J connectivity index is 1.55. The topological polar surface area (TPSA) is 41.1 Å². The van der Waals surface area contributed by atoms with Crippen LogP contribution in [0.1, 0.15) is 58.3 Å². The van der Waals surface area contributed by atoms with E-state index in [1.54, 1.807) is 0 Å². The number of nitrogens with one attached hydrogen (secondary N) is 2. The molecule has 1 saturated carbocycles. The number of carbonyl (C=O) groups is 1. The second kappa shape index (κ2) is 7.88. The molecule has 110 valence electrons. The fraction of sp³-hybridized carbons (Fsp3) is 0.938. The molecule has 0 aromatic heterocycles. The summed E-state index contributed by atoms with van der Waals surface area (Å²) in [7, 11) is 0. The smallest absolute Gasteiger partial charge is 0.220 e. The Kier molecular flexibility index (Phi) is 6.15. The molecule has 1 heterocycles. The highest BCUT2D eigenvalue weighted by molar-refractivity contribution is 5.76. The average molecular weight is 266 g/mol. The number of amides is 1. The predicted octanol–water partition coefficient (Wildman–Crippen LogP) is 2.71. The van der Waals surface area contributed by atoms with Crippen molar-refractivity contribution in [2.75, 3.05) is 19.6 Å². The van der Waals surface area contributed by atoms with E-state index in [4.69, 9.17) is 0 Å². The van der Waals surface area contributed by atoms with Gasteiger partial charge in [0.25, 0.3) is 0 Å². The maximum Gasteiger partial charge on any atom is 0.220 e. The first-order chi connectivity index (χ1) is 9.24. The second-order valence-electron chi connectivity index (χ2n) is 6.69. The van der Waals surface area contributed by atoms with Crippen molar-refractivity contribution >= 4 is 5.91 Å². The molecule has 2 rings (SSSR count). The molecule has 0 bridgehead atoms. The Hall–Kier alpha value is -0.570. The largest absolute Gasteiger partial charge is 0.356 e. The second-order valence-corrected chi connectivity index (χ2v) is 6.69. The van der Waals surface area contributed by atoms with Gasteiger partial charge in [-0.15, -0.1) is 0 Å². The van der Waals surface area contributed by atoms with Gasteiger partial charge < -0.3 is 10.6 Å². The van der Waals surface area contributed by atoms with Crippen molar-refractivity contribution in [3.63, 3.8) is 0 Å². The van der Waals surface area contributed by atoms with Crippen molar-refractivity contribution < 1.29 is 4.79 Å². The summed E-state index contributed by atoms with van der Waals surface area (Å²) in [6.07, 6.45) is 9.84. The van der Waals surface area contributed by atoms with Gasteiger partial charge >= 0.3 is 0 Å². The van der Waals surface area contributed by atoms with Crippen molar-refractivity contribution in [3.05, 3.63) is 0 Å². The Bertz CT molecular complexity index is 274. The molecule has 1 saturated heterocycles. The molecule has 19 heavy (non-hydrogen) atoms. The SMILES string of the molecule is CC1CCCC(CCNC(=O)CC2CCCNC2)C1. The van der Waals surface area contributed by atoms with E-state index in [1.807, 2.05) is 0 Å². The highest BCUT2D eigenvalue weighted by Gasteiger charge is 2.19. The van der Waals surface area contributed by atoms with Gasteiger partial charge in [-0.05, 0) is 56.5 Å². The molecule has 0 radical (unpaired) electrons. The molecular formula is C16H30N2O. The average Bonchev–Trinajstić information content (AvgIpc) is 2.40. The van der Waals surface area contributed by atoms with Crippen molar-refractivity contribution in [1.29, 1.82) is 0 Å². The van der Waals surface area contributed by atoms with Crippen LogP contribution in [0.5, 0.6) is 0 Å². The lowest BCUT2D eigenvalue weighted by atomic mass is 9.81. The van der Waals surface area contributed by atoms with Crippen LogP contribution < -0.4 is 10.6 Å². The molecule has 2 aliphatic rings. The third kappa shape index (κ3) is 5.52. The van der Waals surface area contributed by atoms with E-state index in [0.29, 0.717) is 12.3 Å². The van der Waals surface area contributed by atoms with Crippen LogP contribution in [0.3, 0.4) is 0 Å². The van der Waals surface area contributed by atoms with Gasteiger partial charge in [0.1, 0.15) is 0 Å². The summed E-state index contributed by atoms with van der Waals surface area (Å²) in [5.74, 6) is 2.56. The molecule has 1 aliphatic carbocycles. The van der Waals surface area contributed by atoms with E-state index >= 15 is 0 Å². The molecule has 0 spiro atoms. The number of piperidine rings is 1. The van der Waals surface area contributed by atoms with E-state index in [2.05, 4.69) is 17.6 Å². The first-order valence-electron chi connectivity index (χ1n) is 8.21. The molecule has 3 nitrogen and oxygen atoms in total. The number of hydrogen-bond acceptors (Lipinski definition) is 2. The molecule has 0 aromatic carbocycles. The molecule has 3 heteroatoms. The lowest BCUT2D eigenvalue weighted by molar-refractivity contribution is -0.122. The van der Waals surface area contributed by atoms with Crippen LogP contribution in [0.25, 0.3) is 0 Å². The Morgan fingerprint density at radius 2 is 2.05 bits per heavy atom. The van der Waals surface area contributed by atoms with Gasteiger partial charge in [-0.1, -0.05) is 26.2 Å². The lowest BCUT2D eigenvalue weighted by Crippen LogP contribution is -2.34. The highest BCUT2D eigenvalue weighted by Crippen LogP contribution is 2.30. The Labute approximate surface area is 117 Å². The van der Waals surface area contributed by atoms with Crippen molar-refractivity contribution in [2.24, 2.45) is 17.8 Å². The summed E-state index contributed by atoms with van der Waals surface area (Å²) in [5.41, 5.74) is 0. The number of rotatable bonds is 5. The summed E-state index contributed by atoms with van der Waals surface area (Å²) in [4.78, 5) is 11.9. The summed E-state index contributed by atoms with van der Waals surface area (Å²) < 4.78 is 0. The minimum atomic E-state index is 0.262. The minimum absolute atomic E-state index is 0.262. The van der Waals surface area contributed by atoms with Gasteiger partial charge in [-0.3, -0.25) is 4.79 Å². The summed E-state index contributed by atoms with van der Waals surface area (Å²) in [6, 6.07) is 0. The van der Waals surface area contributed by atoms with E-state index in [-0.39, 0.29) is 5.91 Å². The van der Waals surface area contributed by atoms with Crippen LogP contribution in [0.4, 0.5) is 0 Å². The van der Waals surface area contributed by atoms with Gasteiger partial charge in [0.05, 0.1) is 0 Å². The first-order valence-corrected chi connectivity index (χ1v) is 8.21. The number of hydrogen-bond donors (Lipinski definition) is 2. The fourth-order valence-electron chi connectivity index (χ4n) is 3.67. The molecule has 0 aromatic rings. The minimum Gasteiger partial charge on any atom is -0.356 e. The van der Waals surface area contributed by atoms with Crippen LogP contribution in [-0.4, -0.2) is 25.5 Å². The van der Waals surface area contributed by atoms with Crippen LogP contribution in [0.2, 0.25) is 0 Å². The number of carbonyl (C=O) groups excluding carboxylic acids is 1. The standard InChI is InChI=1S/C16H30N2O/c1-13-4-2-5-14(10-13)7-9-18-16(19)11-15-6-3-8-17-12-15/h13-15,17H,2-12H2,1H3,(H,18,19). The van der Waals surface area contributed by atoms with E-state index in [0.717, 1.165) is 31.5 Å². The summed E-state index contributed by atoms with van der Waals surface area (Å²) >= 11 is 0. The van der Waals surface area contributed by atoms with E-state index < -0.39 is 0 Å². The van der Waals surface area contributed by atoms with Crippen LogP contribution >= 0.6 is 0 Å². The molecule has 3 atom stereocenters. The van der Waals surface area contributed by atoms with Gasteiger partial charge in [0.2, 0.25) is 5.91 Å². The van der Waals surface area contributed by atoms with Gasteiger partial charge in [0, 0.05) is 13.0 Å². The van der Waals surface area contributed by atoms with Gasteiger partial charge in [-0.2, -0.15) is 0 Å². The quantitative estimate of drug-likeness (QED) is 0.803. The van der Waals surface area contributed by atoms with Crippen LogP contribution in [-0.2, 0) is 4.79 Å². The van der Waals surface area contributed by atoms with E-state index in [9.17, 15) is 4.79 Å². The normalized spacial score (nSPS) is 31.9. The highest BCUT2D eigenvalue weighted by atomic mass is 16.1. The molecule has 2 N–H and O–H groups in total. The van der Waals surface area contributed by atoms with E-state index in [1.165, 1.54) is 44.9 Å². The summed E-state index contributed by atoms with van der Waals surface area (Å²) in [5, 5.41) is 6.50. The van der Waals surface area contributed by atoms with Gasteiger partial charge in [0.15, 0.2) is 0 Å². The Morgan fingerprint density at radius 1 is 1.21 bits per heavy atom. The zero-order chi connectivity index (χ0) is 13.5. The van der Waals surface area contributed by atoms with Crippen molar-refractivity contribution in [3.8, 4) is 0 Å². The van der Waals surface area contributed by atoms with Crippen LogP contribution in [0, 0.1) is 17.8 Å². The zero-order valence-electron chi connectivity index (χ0n) is 12.4. The molecule has 3 unspecified atom stereocenters. The van der Waals surface area contributed by atoms with Crippen molar-refractivity contribution in [1.82, 2.24) is 10.6 Å². The van der Waals surface area contributed by atoms with Crippen molar-refractivity contribution in [2.45, 2.75) is 58.3 Å². The predicted molar refractivity (Wildman–Crippen MR) is 79.0 cm³/mol. The fourth-order valence-corrected chi connectivity index (χ4v) is 3.67. The lowest BCUT2D eigenvalue weighted by Gasteiger charge is -2.27. The Morgan fingerprint density at radius 3 is 2.79 bits per heavy atom. The molecular weight excluding hydrogens is 236 g/mol.